The number of ether oxygens (including phenoxy) is 1. The molecule has 0 bridgehead atoms. The van der Waals surface area contributed by atoms with Crippen molar-refractivity contribution < 1.29 is 9.13 Å². The Morgan fingerprint density at radius 1 is 1.18 bits per heavy atom. The number of hydrogen-bond donors (Lipinski definition) is 0. The highest BCUT2D eigenvalue weighted by Gasteiger charge is 2.03. The van der Waals surface area contributed by atoms with Gasteiger partial charge in [0, 0.05) is 22.6 Å². The molecule has 5 heteroatoms. The predicted molar refractivity (Wildman–Crippen MR) is 68.0 cm³/mol. The molecule has 0 N–H and O–H groups in total. The van der Waals surface area contributed by atoms with Gasteiger partial charge in [-0.15, -0.1) is 11.6 Å². The smallest absolute Gasteiger partial charge is 0.146 e. The fraction of sp³-hybridized carbons (Fsp3) is 0.0833. The molecule has 0 saturated carbocycles. The average Bonchev–Trinajstić information content (AvgIpc) is 2.28. The van der Waals surface area contributed by atoms with Crippen LogP contribution in [0.1, 0.15) is 5.56 Å². The standard InChI is InChI=1S/C12H8BrClFNO/c13-9-3-12(7-16-6-9)17-11-2-8(5-14)1-10(15)4-11/h1-4,6-7H,5H2. The van der Waals surface area contributed by atoms with Crippen LogP contribution in [0, 0.1) is 5.82 Å². The molecule has 0 aliphatic heterocycles. The van der Waals surface area contributed by atoms with E-state index in [0.29, 0.717) is 17.1 Å². The Balaban J connectivity index is 2.26. The van der Waals surface area contributed by atoms with Gasteiger partial charge in [0.05, 0.1) is 6.20 Å². The first-order valence-corrected chi connectivity index (χ1v) is 6.14. The van der Waals surface area contributed by atoms with Crippen molar-refractivity contribution in [1.29, 1.82) is 0 Å². The Labute approximate surface area is 112 Å². The fourth-order valence-corrected chi connectivity index (χ4v) is 1.84. The maximum absolute atomic E-state index is 13.2. The van der Waals surface area contributed by atoms with Gasteiger partial charge in [-0.3, -0.25) is 4.98 Å². The molecule has 1 heterocycles. The van der Waals surface area contributed by atoms with E-state index >= 15 is 0 Å². The molecule has 0 fully saturated rings. The SMILES string of the molecule is Fc1cc(CCl)cc(Oc2cncc(Br)c2)c1. The zero-order chi connectivity index (χ0) is 12.3. The minimum Gasteiger partial charge on any atom is -0.456 e. The maximum Gasteiger partial charge on any atom is 0.146 e. The Hall–Kier alpha value is -1.13. The number of halogens is 3. The number of pyridine rings is 1. The maximum atomic E-state index is 13.2. The van der Waals surface area contributed by atoms with Crippen LogP contribution in [0.3, 0.4) is 0 Å². The van der Waals surface area contributed by atoms with Crippen molar-refractivity contribution in [3.63, 3.8) is 0 Å². The fourth-order valence-electron chi connectivity index (χ4n) is 1.34. The van der Waals surface area contributed by atoms with Crippen LogP contribution in [0.25, 0.3) is 0 Å². The minimum atomic E-state index is -0.374. The molecule has 0 radical (unpaired) electrons. The summed E-state index contributed by atoms with van der Waals surface area (Å²) in [5, 5.41) is 0. The summed E-state index contributed by atoms with van der Waals surface area (Å²) < 4.78 is 19.5. The number of alkyl halides is 1. The van der Waals surface area contributed by atoms with Gasteiger partial charge in [0.2, 0.25) is 0 Å². The molecule has 17 heavy (non-hydrogen) atoms. The second-order valence-corrected chi connectivity index (χ2v) is 4.55. The molecule has 0 saturated heterocycles. The summed E-state index contributed by atoms with van der Waals surface area (Å²) in [6.07, 6.45) is 3.19. The van der Waals surface area contributed by atoms with Gasteiger partial charge in [0.15, 0.2) is 0 Å². The molecule has 1 aromatic heterocycles. The van der Waals surface area contributed by atoms with E-state index in [1.54, 1.807) is 24.5 Å². The highest BCUT2D eigenvalue weighted by Crippen LogP contribution is 2.25. The van der Waals surface area contributed by atoms with Gasteiger partial charge >= 0.3 is 0 Å². The van der Waals surface area contributed by atoms with Gasteiger partial charge in [-0.2, -0.15) is 0 Å². The normalized spacial score (nSPS) is 10.3. The van der Waals surface area contributed by atoms with E-state index in [1.165, 1.54) is 12.1 Å². The first-order chi connectivity index (χ1) is 8.17. The molecular formula is C12H8BrClFNO. The topological polar surface area (TPSA) is 22.1 Å². The molecule has 0 spiro atoms. The van der Waals surface area contributed by atoms with Crippen molar-refractivity contribution in [1.82, 2.24) is 4.98 Å². The Bertz CT molecular complexity index is 536. The van der Waals surface area contributed by atoms with Crippen molar-refractivity contribution in [2.45, 2.75) is 5.88 Å². The first kappa shape index (κ1) is 12.3. The quantitative estimate of drug-likeness (QED) is 0.777. The summed E-state index contributed by atoms with van der Waals surface area (Å²) in [5.74, 6) is 0.803. The lowest BCUT2D eigenvalue weighted by Gasteiger charge is -2.07. The lowest BCUT2D eigenvalue weighted by Crippen LogP contribution is -1.89. The Morgan fingerprint density at radius 3 is 2.71 bits per heavy atom. The van der Waals surface area contributed by atoms with Crippen LogP contribution in [0.5, 0.6) is 11.5 Å². The summed E-state index contributed by atoms with van der Waals surface area (Å²) in [7, 11) is 0. The summed E-state index contributed by atoms with van der Waals surface area (Å²) in [5.41, 5.74) is 0.671. The van der Waals surface area contributed by atoms with Crippen LogP contribution >= 0.6 is 27.5 Å². The third-order valence-electron chi connectivity index (χ3n) is 2.00. The van der Waals surface area contributed by atoms with Crippen LogP contribution in [-0.4, -0.2) is 4.98 Å². The molecule has 2 rings (SSSR count). The zero-order valence-electron chi connectivity index (χ0n) is 8.66. The molecule has 0 aliphatic carbocycles. The average molecular weight is 317 g/mol. The summed E-state index contributed by atoms with van der Waals surface area (Å²) in [4.78, 5) is 3.95. The summed E-state index contributed by atoms with van der Waals surface area (Å²) >= 11 is 8.94. The van der Waals surface area contributed by atoms with Gasteiger partial charge in [-0.05, 0) is 39.7 Å². The molecule has 0 unspecified atom stereocenters. The van der Waals surface area contributed by atoms with Crippen molar-refractivity contribution in [2.75, 3.05) is 0 Å². The van der Waals surface area contributed by atoms with Crippen LogP contribution in [0.2, 0.25) is 0 Å². The van der Waals surface area contributed by atoms with Crippen molar-refractivity contribution in [3.8, 4) is 11.5 Å². The third kappa shape index (κ3) is 3.41. The molecular weight excluding hydrogens is 308 g/mol. The Morgan fingerprint density at radius 2 is 2.00 bits per heavy atom. The molecule has 0 atom stereocenters. The first-order valence-electron chi connectivity index (χ1n) is 4.81. The van der Waals surface area contributed by atoms with Crippen molar-refractivity contribution in [3.05, 3.63) is 52.5 Å². The molecule has 2 aromatic rings. The van der Waals surface area contributed by atoms with E-state index in [1.807, 2.05) is 0 Å². The zero-order valence-corrected chi connectivity index (χ0v) is 11.0. The molecule has 88 valence electrons. The molecule has 0 aliphatic rings. The van der Waals surface area contributed by atoms with Crippen LogP contribution in [0.15, 0.2) is 41.1 Å². The van der Waals surface area contributed by atoms with Crippen molar-refractivity contribution in [2.24, 2.45) is 0 Å². The van der Waals surface area contributed by atoms with Crippen molar-refractivity contribution >= 4 is 27.5 Å². The van der Waals surface area contributed by atoms with Gasteiger partial charge < -0.3 is 4.74 Å². The lowest BCUT2D eigenvalue weighted by atomic mass is 10.2. The summed E-state index contributed by atoms with van der Waals surface area (Å²) in [6, 6.07) is 6.12. The van der Waals surface area contributed by atoms with E-state index in [9.17, 15) is 4.39 Å². The summed E-state index contributed by atoms with van der Waals surface area (Å²) in [6.45, 7) is 0. The second-order valence-electron chi connectivity index (χ2n) is 3.37. The van der Waals surface area contributed by atoms with Gasteiger partial charge in [-0.1, -0.05) is 0 Å². The number of nitrogens with zero attached hydrogens (tertiary/aromatic N) is 1. The molecule has 2 nitrogen and oxygen atoms in total. The number of rotatable bonds is 3. The molecule has 1 aromatic carbocycles. The van der Waals surface area contributed by atoms with E-state index in [-0.39, 0.29) is 11.7 Å². The van der Waals surface area contributed by atoms with E-state index in [2.05, 4.69) is 20.9 Å². The highest BCUT2D eigenvalue weighted by atomic mass is 79.9. The number of benzene rings is 1. The lowest BCUT2D eigenvalue weighted by molar-refractivity contribution is 0.473. The predicted octanol–water partition coefficient (Wildman–Crippen LogP) is 4.51. The number of hydrogen-bond acceptors (Lipinski definition) is 2. The Kier molecular flexibility index (Phi) is 3.97. The van der Waals surface area contributed by atoms with Gasteiger partial charge in [0.1, 0.15) is 17.3 Å². The van der Waals surface area contributed by atoms with Gasteiger partial charge in [-0.25, -0.2) is 4.39 Å². The number of aromatic nitrogens is 1. The highest BCUT2D eigenvalue weighted by molar-refractivity contribution is 9.10. The monoisotopic (exact) mass is 315 g/mol. The third-order valence-corrected chi connectivity index (χ3v) is 2.74. The van der Waals surface area contributed by atoms with E-state index in [4.69, 9.17) is 16.3 Å². The van der Waals surface area contributed by atoms with Crippen LogP contribution < -0.4 is 4.74 Å². The second kappa shape index (κ2) is 5.47. The van der Waals surface area contributed by atoms with E-state index < -0.39 is 0 Å². The van der Waals surface area contributed by atoms with E-state index in [0.717, 1.165) is 4.47 Å². The largest absolute Gasteiger partial charge is 0.456 e. The van der Waals surface area contributed by atoms with Crippen LogP contribution in [0.4, 0.5) is 4.39 Å². The molecule has 0 amide bonds. The van der Waals surface area contributed by atoms with Crippen LogP contribution in [-0.2, 0) is 5.88 Å². The minimum absolute atomic E-state index is 0.241. The van der Waals surface area contributed by atoms with Gasteiger partial charge in [0.25, 0.3) is 0 Å².